The maximum absolute atomic E-state index is 12.1. The molecular weight excluding hydrogens is 336 g/mol. The molecule has 0 radical (unpaired) electrons. The van der Waals surface area contributed by atoms with Gasteiger partial charge in [0.05, 0.1) is 10.7 Å². The molecule has 1 aromatic heterocycles. The number of amides is 1. The molecule has 2 aromatic rings. The average Bonchev–Trinajstić information content (AvgIpc) is 3.17. The molecule has 1 fully saturated rings. The molecule has 3 rings (SSSR count). The smallest absolute Gasteiger partial charge is 0.225 e. The van der Waals surface area contributed by atoms with Crippen molar-refractivity contribution < 1.29 is 4.79 Å². The number of benzene rings is 1. The summed E-state index contributed by atoms with van der Waals surface area (Å²) in [5.74, 6) is 0.533. The van der Waals surface area contributed by atoms with Crippen LogP contribution in [0.25, 0.3) is 11.3 Å². The number of hydrogen-bond acceptors (Lipinski definition) is 3. The zero-order chi connectivity index (χ0) is 17.8. The van der Waals surface area contributed by atoms with Gasteiger partial charge in [0.1, 0.15) is 0 Å². The first-order valence-corrected chi connectivity index (χ1v) is 9.26. The van der Waals surface area contributed by atoms with Crippen molar-refractivity contribution in [2.45, 2.75) is 45.6 Å². The van der Waals surface area contributed by atoms with Gasteiger partial charge in [0, 0.05) is 24.1 Å². The number of aromatic amines is 1. The fraction of sp³-hybridized carbons (Fsp3) is 0.474. The maximum atomic E-state index is 12.1. The number of aryl methyl sites for hydroxylation is 1. The molecule has 0 saturated carbocycles. The van der Waals surface area contributed by atoms with E-state index in [0.29, 0.717) is 23.3 Å². The molecule has 6 heteroatoms. The Hall–Kier alpha value is -1.85. The number of hydrogen-bond donors (Lipinski definition) is 2. The van der Waals surface area contributed by atoms with Crippen LogP contribution in [0.15, 0.2) is 24.3 Å². The highest BCUT2D eigenvalue weighted by Gasteiger charge is 2.19. The Morgan fingerprint density at radius 1 is 1.44 bits per heavy atom. The maximum Gasteiger partial charge on any atom is 0.225 e. The van der Waals surface area contributed by atoms with Crippen molar-refractivity contribution in [1.29, 1.82) is 0 Å². The van der Waals surface area contributed by atoms with Crippen molar-refractivity contribution in [3.63, 3.8) is 0 Å². The molecule has 1 atom stereocenters. The third-order valence-corrected chi connectivity index (χ3v) is 5.11. The van der Waals surface area contributed by atoms with Crippen LogP contribution in [0.3, 0.4) is 0 Å². The van der Waals surface area contributed by atoms with Crippen molar-refractivity contribution in [1.82, 2.24) is 15.1 Å². The minimum Gasteiger partial charge on any atom is -0.309 e. The van der Waals surface area contributed by atoms with E-state index in [1.165, 1.54) is 12.8 Å². The van der Waals surface area contributed by atoms with E-state index < -0.39 is 0 Å². The highest BCUT2D eigenvalue weighted by molar-refractivity contribution is 6.33. The Labute approximate surface area is 153 Å². The predicted molar refractivity (Wildman–Crippen MR) is 102 cm³/mol. The van der Waals surface area contributed by atoms with Gasteiger partial charge in [0.15, 0.2) is 5.82 Å². The number of carbonyl (C=O) groups is 1. The van der Waals surface area contributed by atoms with E-state index in [9.17, 15) is 4.79 Å². The number of anilines is 1. The SMILES string of the molecule is Cc1ccc(-c2cc(NC(=O)CCCN3CCC[C@H]3C)n[nH]2)c(Cl)c1. The summed E-state index contributed by atoms with van der Waals surface area (Å²) in [5.41, 5.74) is 2.78. The van der Waals surface area contributed by atoms with Crippen LogP contribution in [0.1, 0.15) is 38.2 Å². The summed E-state index contributed by atoms with van der Waals surface area (Å²) >= 11 is 6.28. The number of nitrogens with one attached hydrogen (secondary N) is 2. The van der Waals surface area contributed by atoms with Crippen LogP contribution < -0.4 is 5.32 Å². The Balaban J connectivity index is 1.51. The van der Waals surface area contributed by atoms with E-state index in [-0.39, 0.29) is 5.91 Å². The third-order valence-electron chi connectivity index (χ3n) is 4.80. The summed E-state index contributed by atoms with van der Waals surface area (Å²) in [6.07, 6.45) is 3.92. The third kappa shape index (κ3) is 4.61. The molecule has 134 valence electrons. The Morgan fingerprint density at radius 2 is 2.28 bits per heavy atom. The second-order valence-electron chi connectivity index (χ2n) is 6.83. The van der Waals surface area contributed by atoms with E-state index in [4.69, 9.17) is 11.6 Å². The molecule has 1 saturated heterocycles. The lowest BCUT2D eigenvalue weighted by Crippen LogP contribution is -2.28. The van der Waals surface area contributed by atoms with Gasteiger partial charge in [0.25, 0.3) is 0 Å². The van der Waals surface area contributed by atoms with Crippen LogP contribution in [0, 0.1) is 6.92 Å². The number of likely N-dealkylation sites (tertiary alicyclic amines) is 1. The molecule has 1 amide bonds. The Kier molecular flexibility index (Phi) is 5.76. The molecule has 5 nitrogen and oxygen atoms in total. The summed E-state index contributed by atoms with van der Waals surface area (Å²) in [6, 6.07) is 8.33. The monoisotopic (exact) mass is 360 g/mol. The summed E-state index contributed by atoms with van der Waals surface area (Å²) in [7, 11) is 0. The number of H-pyrrole nitrogens is 1. The van der Waals surface area contributed by atoms with E-state index in [1.54, 1.807) is 0 Å². The first kappa shape index (κ1) is 18.0. The number of aromatic nitrogens is 2. The fourth-order valence-corrected chi connectivity index (χ4v) is 3.67. The van der Waals surface area contributed by atoms with Gasteiger partial charge in [-0.15, -0.1) is 0 Å². The van der Waals surface area contributed by atoms with Crippen molar-refractivity contribution in [2.24, 2.45) is 0 Å². The van der Waals surface area contributed by atoms with Gasteiger partial charge in [-0.1, -0.05) is 23.7 Å². The average molecular weight is 361 g/mol. The number of halogens is 1. The van der Waals surface area contributed by atoms with Crippen LogP contribution >= 0.6 is 11.6 Å². The van der Waals surface area contributed by atoms with Crippen molar-refractivity contribution in [3.8, 4) is 11.3 Å². The van der Waals surface area contributed by atoms with Gasteiger partial charge in [-0.3, -0.25) is 9.89 Å². The summed E-state index contributed by atoms with van der Waals surface area (Å²) < 4.78 is 0. The van der Waals surface area contributed by atoms with Gasteiger partial charge in [-0.2, -0.15) is 5.10 Å². The van der Waals surface area contributed by atoms with Crippen LogP contribution in [0.4, 0.5) is 5.82 Å². The quantitative estimate of drug-likeness (QED) is 0.809. The standard InChI is InChI=1S/C19H25ClN4O/c1-13-7-8-15(16(20)11-13)17-12-18(23-22-17)21-19(25)6-4-10-24-9-3-5-14(24)2/h7-8,11-12,14H,3-6,9-10H2,1-2H3,(H2,21,22,23,25)/t14-/m1/s1. The molecule has 2 heterocycles. The Morgan fingerprint density at radius 3 is 3.00 bits per heavy atom. The van der Waals surface area contributed by atoms with Crippen LogP contribution in [-0.2, 0) is 4.79 Å². The molecule has 1 aliphatic rings. The second kappa shape index (κ2) is 8.02. The van der Waals surface area contributed by atoms with Crippen LogP contribution in [0.5, 0.6) is 0 Å². The van der Waals surface area contributed by atoms with Gasteiger partial charge < -0.3 is 10.2 Å². The van der Waals surface area contributed by atoms with Gasteiger partial charge >= 0.3 is 0 Å². The minimum atomic E-state index is -0.0000898. The lowest BCUT2D eigenvalue weighted by molar-refractivity contribution is -0.116. The molecule has 1 aromatic carbocycles. The molecule has 1 aliphatic heterocycles. The highest BCUT2D eigenvalue weighted by atomic mass is 35.5. The topological polar surface area (TPSA) is 61.0 Å². The molecule has 2 N–H and O–H groups in total. The van der Waals surface area contributed by atoms with Crippen LogP contribution in [0.2, 0.25) is 5.02 Å². The zero-order valence-electron chi connectivity index (χ0n) is 14.8. The minimum absolute atomic E-state index is 0.0000898. The van der Waals surface area contributed by atoms with Crippen molar-refractivity contribution in [3.05, 3.63) is 34.9 Å². The first-order chi connectivity index (χ1) is 12.0. The normalized spacial score (nSPS) is 17.8. The molecule has 0 aliphatic carbocycles. The molecule has 0 bridgehead atoms. The lowest BCUT2D eigenvalue weighted by atomic mass is 10.1. The molecule has 25 heavy (non-hydrogen) atoms. The Bertz CT molecular complexity index is 743. The van der Waals surface area contributed by atoms with Crippen molar-refractivity contribution in [2.75, 3.05) is 18.4 Å². The van der Waals surface area contributed by atoms with Crippen LogP contribution in [-0.4, -0.2) is 40.1 Å². The lowest BCUT2D eigenvalue weighted by Gasteiger charge is -2.20. The van der Waals surface area contributed by atoms with Gasteiger partial charge in [-0.25, -0.2) is 0 Å². The van der Waals surface area contributed by atoms with Crippen molar-refractivity contribution >= 4 is 23.3 Å². The summed E-state index contributed by atoms with van der Waals surface area (Å²) in [5, 5.41) is 10.6. The highest BCUT2D eigenvalue weighted by Crippen LogP contribution is 2.28. The zero-order valence-corrected chi connectivity index (χ0v) is 15.6. The van der Waals surface area contributed by atoms with E-state index >= 15 is 0 Å². The second-order valence-corrected chi connectivity index (χ2v) is 7.24. The molecular formula is C19H25ClN4O. The number of carbonyl (C=O) groups excluding carboxylic acids is 1. The predicted octanol–water partition coefficient (Wildman–Crippen LogP) is 4.24. The van der Waals surface area contributed by atoms with Gasteiger partial charge in [0.2, 0.25) is 5.91 Å². The summed E-state index contributed by atoms with van der Waals surface area (Å²) in [6.45, 7) is 6.40. The first-order valence-electron chi connectivity index (χ1n) is 8.89. The fourth-order valence-electron chi connectivity index (χ4n) is 3.34. The van der Waals surface area contributed by atoms with E-state index in [2.05, 4.69) is 27.3 Å². The molecule has 0 spiro atoms. The largest absolute Gasteiger partial charge is 0.309 e. The van der Waals surface area contributed by atoms with E-state index in [1.807, 2.05) is 31.2 Å². The number of nitrogens with zero attached hydrogens (tertiary/aromatic N) is 2. The van der Waals surface area contributed by atoms with Gasteiger partial charge in [-0.05, 0) is 57.8 Å². The number of rotatable bonds is 6. The van der Waals surface area contributed by atoms with E-state index in [0.717, 1.165) is 36.3 Å². The molecule has 0 unspecified atom stereocenters. The summed E-state index contributed by atoms with van der Waals surface area (Å²) in [4.78, 5) is 14.6.